The number of hydrogen-bond acceptors (Lipinski definition) is 2. The molecule has 2 unspecified atom stereocenters. The maximum absolute atomic E-state index is 3.55. The first-order valence-electron chi connectivity index (χ1n) is 7.70. The molecule has 1 aromatic carbocycles. The molecule has 1 aliphatic rings. The third-order valence-corrected chi connectivity index (χ3v) is 4.33. The Labute approximate surface area is 118 Å². The Balaban J connectivity index is 2.20. The van der Waals surface area contributed by atoms with Gasteiger partial charge < -0.3 is 5.32 Å². The Hall–Kier alpha value is -0.860. The highest BCUT2D eigenvalue weighted by Gasteiger charge is 2.28. The third kappa shape index (κ3) is 3.80. The Kier molecular flexibility index (Phi) is 5.41. The molecule has 0 saturated carbocycles. The molecule has 106 valence electrons. The molecule has 0 aromatic heterocycles. The van der Waals surface area contributed by atoms with Crippen molar-refractivity contribution in [1.82, 2.24) is 10.2 Å². The molecule has 1 aliphatic heterocycles. The first-order chi connectivity index (χ1) is 9.22. The maximum Gasteiger partial charge on any atom is 0.0385 e. The van der Waals surface area contributed by atoms with Crippen LogP contribution in [0.2, 0.25) is 0 Å². The van der Waals surface area contributed by atoms with Gasteiger partial charge in [0, 0.05) is 6.04 Å². The molecular formula is C17H28N2. The lowest BCUT2D eigenvalue weighted by Crippen LogP contribution is -2.34. The zero-order valence-electron chi connectivity index (χ0n) is 12.7. The summed E-state index contributed by atoms with van der Waals surface area (Å²) >= 11 is 0. The van der Waals surface area contributed by atoms with Crippen LogP contribution >= 0.6 is 0 Å². The van der Waals surface area contributed by atoms with Gasteiger partial charge in [-0.1, -0.05) is 43.2 Å². The Bertz CT molecular complexity index is 371. The molecule has 1 N–H and O–H groups in total. The van der Waals surface area contributed by atoms with Crippen LogP contribution in [-0.2, 0) is 0 Å². The quantitative estimate of drug-likeness (QED) is 0.893. The summed E-state index contributed by atoms with van der Waals surface area (Å²) in [5, 5.41) is 3.55. The maximum atomic E-state index is 3.55. The van der Waals surface area contributed by atoms with E-state index in [0.717, 1.165) is 19.0 Å². The summed E-state index contributed by atoms with van der Waals surface area (Å²) in [6, 6.07) is 9.71. The van der Waals surface area contributed by atoms with Crippen LogP contribution in [0.15, 0.2) is 24.3 Å². The van der Waals surface area contributed by atoms with Crippen LogP contribution in [0.1, 0.15) is 43.4 Å². The molecule has 2 nitrogen and oxygen atoms in total. The van der Waals surface area contributed by atoms with Crippen molar-refractivity contribution in [1.29, 1.82) is 0 Å². The summed E-state index contributed by atoms with van der Waals surface area (Å²) in [5.74, 6) is 0.732. The SMILES string of the molecule is CCNCC1CCCCN(C)C1c1ccc(C)cc1. The fourth-order valence-corrected chi connectivity index (χ4v) is 3.26. The van der Waals surface area contributed by atoms with Crippen molar-refractivity contribution < 1.29 is 0 Å². The summed E-state index contributed by atoms with van der Waals surface area (Å²) in [6.45, 7) is 7.79. The van der Waals surface area contributed by atoms with E-state index in [0.29, 0.717) is 6.04 Å². The third-order valence-electron chi connectivity index (χ3n) is 4.33. The summed E-state index contributed by atoms with van der Waals surface area (Å²) in [7, 11) is 2.29. The zero-order valence-corrected chi connectivity index (χ0v) is 12.7. The van der Waals surface area contributed by atoms with Gasteiger partial charge in [0.25, 0.3) is 0 Å². The molecule has 2 atom stereocenters. The van der Waals surface area contributed by atoms with Gasteiger partial charge in [-0.2, -0.15) is 0 Å². The van der Waals surface area contributed by atoms with Gasteiger partial charge in [-0.3, -0.25) is 4.90 Å². The second-order valence-electron chi connectivity index (χ2n) is 5.90. The number of aryl methyl sites for hydroxylation is 1. The van der Waals surface area contributed by atoms with Gasteiger partial charge in [0.1, 0.15) is 0 Å². The molecule has 1 heterocycles. The Morgan fingerprint density at radius 3 is 2.63 bits per heavy atom. The lowest BCUT2D eigenvalue weighted by atomic mass is 9.89. The van der Waals surface area contributed by atoms with E-state index in [1.165, 1.54) is 36.9 Å². The molecule has 0 radical (unpaired) electrons. The van der Waals surface area contributed by atoms with Crippen molar-refractivity contribution >= 4 is 0 Å². The van der Waals surface area contributed by atoms with Crippen molar-refractivity contribution in [3.63, 3.8) is 0 Å². The normalized spacial score (nSPS) is 25.2. The van der Waals surface area contributed by atoms with Crippen molar-refractivity contribution in [3.05, 3.63) is 35.4 Å². The molecule has 0 spiro atoms. The van der Waals surface area contributed by atoms with Gasteiger partial charge in [-0.25, -0.2) is 0 Å². The lowest BCUT2D eigenvalue weighted by molar-refractivity contribution is 0.189. The topological polar surface area (TPSA) is 15.3 Å². The van der Waals surface area contributed by atoms with E-state index in [1.807, 2.05) is 0 Å². The highest BCUT2D eigenvalue weighted by molar-refractivity contribution is 5.25. The second-order valence-corrected chi connectivity index (χ2v) is 5.90. The van der Waals surface area contributed by atoms with E-state index >= 15 is 0 Å². The molecule has 19 heavy (non-hydrogen) atoms. The van der Waals surface area contributed by atoms with E-state index in [2.05, 4.69) is 55.4 Å². The number of hydrogen-bond donors (Lipinski definition) is 1. The van der Waals surface area contributed by atoms with E-state index in [1.54, 1.807) is 0 Å². The fourth-order valence-electron chi connectivity index (χ4n) is 3.26. The van der Waals surface area contributed by atoms with Crippen molar-refractivity contribution in [3.8, 4) is 0 Å². The number of benzene rings is 1. The minimum absolute atomic E-state index is 0.571. The average Bonchev–Trinajstić information content (AvgIpc) is 2.59. The standard InChI is InChI=1S/C17H28N2/c1-4-18-13-16-7-5-6-12-19(3)17(16)15-10-8-14(2)9-11-15/h8-11,16-18H,4-7,12-13H2,1-3H3. The van der Waals surface area contributed by atoms with E-state index in [9.17, 15) is 0 Å². The molecule has 1 saturated heterocycles. The van der Waals surface area contributed by atoms with Crippen molar-refractivity contribution in [2.45, 2.75) is 39.2 Å². The van der Waals surface area contributed by atoms with Gasteiger partial charge >= 0.3 is 0 Å². The number of likely N-dealkylation sites (tertiary alicyclic amines) is 1. The molecule has 1 fully saturated rings. The van der Waals surface area contributed by atoms with Crippen molar-refractivity contribution in [2.24, 2.45) is 5.92 Å². The second kappa shape index (κ2) is 7.06. The van der Waals surface area contributed by atoms with E-state index in [4.69, 9.17) is 0 Å². The summed E-state index contributed by atoms with van der Waals surface area (Å²) < 4.78 is 0. The molecule has 2 rings (SSSR count). The smallest absolute Gasteiger partial charge is 0.0385 e. The van der Waals surface area contributed by atoms with Gasteiger partial charge in [0.05, 0.1) is 0 Å². The minimum atomic E-state index is 0.571. The van der Waals surface area contributed by atoms with Crippen molar-refractivity contribution in [2.75, 3.05) is 26.7 Å². The predicted molar refractivity (Wildman–Crippen MR) is 82.4 cm³/mol. The van der Waals surface area contributed by atoms with E-state index in [-0.39, 0.29) is 0 Å². The lowest BCUT2D eigenvalue weighted by Gasteiger charge is -2.33. The van der Waals surface area contributed by atoms with Crippen LogP contribution in [0.5, 0.6) is 0 Å². The summed E-state index contributed by atoms with van der Waals surface area (Å²) in [4.78, 5) is 2.56. The van der Waals surface area contributed by atoms with Crippen LogP contribution in [0, 0.1) is 12.8 Å². The number of rotatable bonds is 4. The molecular weight excluding hydrogens is 232 g/mol. The Morgan fingerprint density at radius 2 is 1.95 bits per heavy atom. The number of nitrogens with one attached hydrogen (secondary N) is 1. The van der Waals surface area contributed by atoms with Crippen LogP contribution < -0.4 is 5.32 Å². The first kappa shape index (κ1) is 14.5. The van der Waals surface area contributed by atoms with Gasteiger partial charge in [0.2, 0.25) is 0 Å². The van der Waals surface area contributed by atoms with Crippen LogP contribution in [0.3, 0.4) is 0 Å². The molecule has 0 bridgehead atoms. The van der Waals surface area contributed by atoms with Gasteiger partial charge in [-0.05, 0) is 57.9 Å². The number of nitrogens with zero attached hydrogens (tertiary/aromatic N) is 1. The monoisotopic (exact) mass is 260 g/mol. The van der Waals surface area contributed by atoms with Crippen LogP contribution in [0.4, 0.5) is 0 Å². The Morgan fingerprint density at radius 1 is 1.21 bits per heavy atom. The highest BCUT2D eigenvalue weighted by Crippen LogP contribution is 2.33. The molecule has 2 heteroatoms. The van der Waals surface area contributed by atoms with Crippen LogP contribution in [-0.4, -0.2) is 31.6 Å². The van der Waals surface area contributed by atoms with Gasteiger partial charge in [-0.15, -0.1) is 0 Å². The predicted octanol–water partition coefficient (Wildman–Crippen LogP) is 3.38. The zero-order chi connectivity index (χ0) is 13.7. The molecule has 0 aliphatic carbocycles. The van der Waals surface area contributed by atoms with E-state index < -0.39 is 0 Å². The molecule has 1 aromatic rings. The first-order valence-corrected chi connectivity index (χ1v) is 7.70. The largest absolute Gasteiger partial charge is 0.317 e. The summed E-state index contributed by atoms with van der Waals surface area (Å²) in [5.41, 5.74) is 2.83. The van der Waals surface area contributed by atoms with Gasteiger partial charge in [0.15, 0.2) is 0 Å². The summed E-state index contributed by atoms with van der Waals surface area (Å²) in [6.07, 6.45) is 4.04. The average molecular weight is 260 g/mol. The minimum Gasteiger partial charge on any atom is -0.317 e. The molecule has 0 amide bonds. The fraction of sp³-hybridized carbons (Fsp3) is 0.647. The van der Waals surface area contributed by atoms with Crippen LogP contribution in [0.25, 0.3) is 0 Å². The highest BCUT2D eigenvalue weighted by atomic mass is 15.1.